The average molecular weight is 482 g/mol. The predicted molar refractivity (Wildman–Crippen MR) is 144 cm³/mol. The molecule has 1 aromatic heterocycles. The highest BCUT2D eigenvalue weighted by Crippen LogP contribution is 2.33. The van der Waals surface area contributed by atoms with E-state index >= 15 is 0 Å². The molecule has 0 N–H and O–H groups in total. The Morgan fingerprint density at radius 2 is 1.72 bits per heavy atom. The molecule has 1 aliphatic rings. The highest BCUT2D eigenvalue weighted by Gasteiger charge is 2.18. The summed E-state index contributed by atoms with van der Waals surface area (Å²) in [5, 5.41) is 0. The molecule has 0 unspecified atom stereocenters. The van der Waals surface area contributed by atoms with Crippen LogP contribution in [0.4, 0.5) is 0 Å². The van der Waals surface area contributed by atoms with Crippen LogP contribution in [0.5, 0.6) is 11.5 Å². The lowest BCUT2D eigenvalue weighted by atomic mass is 10.0. The monoisotopic (exact) mass is 481 g/mol. The number of imidazole rings is 1. The van der Waals surface area contributed by atoms with Crippen LogP contribution in [0.2, 0.25) is 0 Å². The highest BCUT2D eigenvalue weighted by atomic mass is 16.7. The van der Waals surface area contributed by atoms with Gasteiger partial charge >= 0.3 is 0 Å². The van der Waals surface area contributed by atoms with Gasteiger partial charge in [-0.3, -0.25) is 4.90 Å². The Kier molecular flexibility index (Phi) is 7.38. The minimum absolute atomic E-state index is 0.296. The minimum atomic E-state index is 0.296. The summed E-state index contributed by atoms with van der Waals surface area (Å²) in [6.07, 6.45) is 4.34. The normalized spacial score (nSPS) is 12.4. The SMILES string of the molecule is CCCCn1c(CN(Cc2ccc3c(c2)OCO3)Cc2cc(C)ccc2C)cnc1-c1ccccc1. The van der Waals surface area contributed by atoms with Gasteiger partial charge in [0, 0.05) is 31.7 Å². The number of fused-ring (bicyclic) bond motifs is 1. The number of unbranched alkanes of at least 4 members (excludes halogenated alkanes) is 1. The van der Waals surface area contributed by atoms with Gasteiger partial charge in [0.15, 0.2) is 11.5 Å². The Morgan fingerprint density at radius 1 is 0.889 bits per heavy atom. The molecule has 0 atom stereocenters. The lowest BCUT2D eigenvalue weighted by Gasteiger charge is -2.25. The molecule has 0 spiro atoms. The number of ether oxygens (including phenoxy) is 2. The minimum Gasteiger partial charge on any atom is -0.454 e. The standard InChI is InChI=1S/C31H35N3O2/c1-4-5-15-34-28(18-32-31(34)26-9-7-6-8-10-26)21-33(20-27-16-23(2)11-12-24(27)3)19-25-13-14-29-30(17-25)36-22-35-29/h6-14,16-18H,4-5,15,19-22H2,1-3H3. The molecule has 4 aromatic rings. The Bertz CT molecular complexity index is 1310. The Hall–Kier alpha value is -3.57. The maximum atomic E-state index is 5.65. The Balaban J connectivity index is 1.47. The molecule has 5 rings (SSSR count). The Labute approximate surface area is 214 Å². The van der Waals surface area contributed by atoms with Crippen LogP contribution in [0, 0.1) is 13.8 Å². The molecule has 0 fully saturated rings. The van der Waals surface area contributed by atoms with Crippen LogP contribution >= 0.6 is 0 Å². The van der Waals surface area contributed by atoms with Crippen molar-refractivity contribution in [1.82, 2.24) is 14.5 Å². The molecule has 3 aromatic carbocycles. The first kappa shape index (κ1) is 24.1. The fourth-order valence-corrected chi connectivity index (χ4v) is 4.83. The van der Waals surface area contributed by atoms with Crippen molar-refractivity contribution in [2.45, 2.75) is 59.8 Å². The lowest BCUT2D eigenvalue weighted by Crippen LogP contribution is -2.24. The molecular weight excluding hydrogens is 446 g/mol. The molecule has 0 amide bonds. The van der Waals surface area contributed by atoms with E-state index in [0.29, 0.717) is 6.79 Å². The summed E-state index contributed by atoms with van der Waals surface area (Å²) in [6.45, 7) is 10.4. The van der Waals surface area contributed by atoms with Crippen LogP contribution in [-0.2, 0) is 26.2 Å². The van der Waals surface area contributed by atoms with Crippen LogP contribution in [-0.4, -0.2) is 21.2 Å². The summed E-state index contributed by atoms with van der Waals surface area (Å²) >= 11 is 0. The van der Waals surface area contributed by atoms with Crippen LogP contribution in [0.1, 0.15) is 47.7 Å². The first-order valence-corrected chi connectivity index (χ1v) is 12.9. The number of nitrogens with zero attached hydrogens (tertiary/aromatic N) is 3. The second kappa shape index (κ2) is 11.0. The van der Waals surface area contributed by atoms with Crippen LogP contribution in [0.3, 0.4) is 0 Å². The van der Waals surface area contributed by atoms with Gasteiger partial charge in [0.25, 0.3) is 0 Å². The quantitative estimate of drug-likeness (QED) is 0.247. The van der Waals surface area contributed by atoms with Crippen LogP contribution in [0.15, 0.2) is 72.9 Å². The number of aromatic nitrogens is 2. The average Bonchev–Trinajstić information content (AvgIpc) is 3.52. The number of hydrogen-bond acceptors (Lipinski definition) is 4. The summed E-state index contributed by atoms with van der Waals surface area (Å²) < 4.78 is 13.6. The molecule has 36 heavy (non-hydrogen) atoms. The lowest BCUT2D eigenvalue weighted by molar-refractivity contribution is 0.174. The molecule has 5 heteroatoms. The third kappa shape index (κ3) is 5.47. The third-order valence-electron chi connectivity index (χ3n) is 6.83. The summed E-state index contributed by atoms with van der Waals surface area (Å²) in [5.41, 5.74) is 7.59. The molecule has 1 aliphatic heterocycles. The number of rotatable bonds is 10. The van der Waals surface area contributed by atoms with Crippen molar-refractivity contribution in [2.24, 2.45) is 0 Å². The molecular formula is C31H35N3O2. The van der Waals surface area contributed by atoms with E-state index in [2.05, 4.69) is 97.1 Å². The molecule has 5 nitrogen and oxygen atoms in total. The predicted octanol–water partition coefficient (Wildman–Crippen LogP) is 6.90. The molecule has 2 heterocycles. The fourth-order valence-electron chi connectivity index (χ4n) is 4.83. The fraction of sp³-hybridized carbons (Fsp3) is 0.323. The van der Waals surface area contributed by atoms with E-state index < -0.39 is 0 Å². The third-order valence-corrected chi connectivity index (χ3v) is 6.83. The summed E-state index contributed by atoms with van der Waals surface area (Å²) in [7, 11) is 0. The molecule has 0 radical (unpaired) electrons. The first-order chi connectivity index (χ1) is 17.6. The van der Waals surface area contributed by atoms with Gasteiger partial charge in [-0.25, -0.2) is 4.98 Å². The topological polar surface area (TPSA) is 39.5 Å². The maximum absolute atomic E-state index is 5.65. The van der Waals surface area contributed by atoms with E-state index in [-0.39, 0.29) is 0 Å². The summed E-state index contributed by atoms with van der Waals surface area (Å²) in [5.74, 6) is 2.71. The summed E-state index contributed by atoms with van der Waals surface area (Å²) in [6, 6.07) is 23.5. The van der Waals surface area contributed by atoms with E-state index in [1.165, 1.54) is 27.9 Å². The molecule has 0 bridgehead atoms. The van der Waals surface area contributed by atoms with Gasteiger partial charge in [0.2, 0.25) is 6.79 Å². The van der Waals surface area contributed by atoms with Gasteiger partial charge in [-0.1, -0.05) is 73.5 Å². The van der Waals surface area contributed by atoms with E-state index in [4.69, 9.17) is 14.5 Å². The van der Waals surface area contributed by atoms with Crippen molar-refractivity contribution in [1.29, 1.82) is 0 Å². The van der Waals surface area contributed by atoms with Crippen molar-refractivity contribution in [3.05, 3.63) is 101 Å². The van der Waals surface area contributed by atoms with Gasteiger partial charge in [0.05, 0.1) is 11.9 Å². The van der Waals surface area contributed by atoms with Crippen molar-refractivity contribution in [3.63, 3.8) is 0 Å². The number of hydrogen-bond donors (Lipinski definition) is 0. The van der Waals surface area contributed by atoms with E-state index in [1.807, 2.05) is 6.07 Å². The molecule has 0 saturated carbocycles. The largest absolute Gasteiger partial charge is 0.454 e. The van der Waals surface area contributed by atoms with Gasteiger partial charge in [-0.05, 0) is 49.1 Å². The van der Waals surface area contributed by atoms with Crippen molar-refractivity contribution < 1.29 is 9.47 Å². The molecule has 186 valence electrons. The smallest absolute Gasteiger partial charge is 0.231 e. The van der Waals surface area contributed by atoms with Gasteiger partial charge in [0.1, 0.15) is 5.82 Å². The second-order valence-electron chi connectivity index (χ2n) is 9.71. The van der Waals surface area contributed by atoms with Gasteiger partial charge < -0.3 is 14.0 Å². The van der Waals surface area contributed by atoms with E-state index in [1.54, 1.807) is 0 Å². The van der Waals surface area contributed by atoms with E-state index in [9.17, 15) is 0 Å². The number of benzene rings is 3. The molecule has 0 saturated heterocycles. The van der Waals surface area contributed by atoms with Crippen LogP contribution in [0.25, 0.3) is 11.4 Å². The highest BCUT2D eigenvalue weighted by molar-refractivity contribution is 5.56. The zero-order valence-corrected chi connectivity index (χ0v) is 21.5. The van der Waals surface area contributed by atoms with Crippen molar-refractivity contribution in [3.8, 4) is 22.9 Å². The zero-order valence-electron chi connectivity index (χ0n) is 21.5. The zero-order chi connectivity index (χ0) is 24.9. The molecule has 0 aliphatic carbocycles. The van der Waals surface area contributed by atoms with Crippen molar-refractivity contribution in [2.75, 3.05) is 6.79 Å². The summed E-state index contributed by atoms with van der Waals surface area (Å²) in [4.78, 5) is 7.39. The van der Waals surface area contributed by atoms with Crippen LogP contribution < -0.4 is 9.47 Å². The second-order valence-corrected chi connectivity index (χ2v) is 9.71. The Morgan fingerprint density at radius 3 is 2.56 bits per heavy atom. The van der Waals surface area contributed by atoms with Gasteiger partial charge in [-0.2, -0.15) is 0 Å². The van der Waals surface area contributed by atoms with Crippen molar-refractivity contribution >= 4 is 0 Å². The number of aryl methyl sites for hydroxylation is 2. The first-order valence-electron chi connectivity index (χ1n) is 12.9. The maximum Gasteiger partial charge on any atom is 0.231 e. The van der Waals surface area contributed by atoms with E-state index in [0.717, 1.165) is 61.9 Å². The van der Waals surface area contributed by atoms with Gasteiger partial charge in [-0.15, -0.1) is 0 Å².